The Morgan fingerprint density at radius 2 is 1.94 bits per heavy atom. The summed E-state index contributed by atoms with van der Waals surface area (Å²) in [6, 6.07) is 3.48. The number of nitrogens with two attached hydrogens (primary N) is 1. The van der Waals surface area contributed by atoms with Gasteiger partial charge in [0.1, 0.15) is 0 Å². The van der Waals surface area contributed by atoms with E-state index < -0.39 is 11.7 Å². The lowest BCUT2D eigenvalue weighted by Crippen LogP contribution is -2.14. The van der Waals surface area contributed by atoms with Gasteiger partial charge in [0, 0.05) is 25.3 Å². The fraction of sp³-hybridized carbons (Fsp3) is 0.400. The minimum absolute atomic E-state index is 0.0581. The topological polar surface area (TPSA) is 38.5 Å². The van der Waals surface area contributed by atoms with Crippen molar-refractivity contribution in [1.29, 1.82) is 0 Å². The molecule has 1 aromatic carbocycles. The first kappa shape index (κ1) is 12.8. The van der Waals surface area contributed by atoms with Gasteiger partial charge in [-0.15, -0.1) is 0 Å². The van der Waals surface area contributed by atoms with Crippen molar-refractivity contribution in [3.8, 4) is 0 Å². The second kappa shape index (κ2) is 4.71. The van der Waals surface area contributed by atoms with Crippen LogP contribution in [0.1, 0.15) is 11.1 Å². The summed E-state index contributed by atoms with van der Waals surface area (Å²) in [5.74, 6) is 4.89. The van der Waals surface area contributed by atoms with Crippen LogP contribution in [0.25, 0.3) is 0 Å². The Bertz CT molecular complexity index is 364. The molecule has 16 heavy (non-hydrogen) atoms. The van der Waals surface area contributed by atoms with Crippen LogP contribution < -0.4 is 10.8 Å². The predicted octanol–water partition coefficient (Wildman–Crippen LogP) is 2.16. The highest BCUT2D eigenvalue weighted by molar-refractivity contribution is 5.54. The molecule has 0 fully saturated rings. The van der Waals surface area contributed by atoms with Crippen LogP contribution in [-0.2, 0) is 17.6 Å². The third kappa shape index (κ3) is 2.86. The molecule has 0 aliphatic carbocycles. The number of hydrogen-bond donors (Lipinski definition) is 1. The number of halogens is 3. The Balaban J connectivity index is 3.17. The molecule has 3 nitrogen and oxygen atoms in total. The normalized spacial score (nSPS) is 11.6. The van der Waals surface area contributed by atoms with Gasteiger partial charge in [0.2, 0.25) is 0 Å². The highest BCUT2D eigenvalue weighted by Gasteiger charge is 2.31. The van der Waals surface area contributed by atoms with E-state index >= 15 is 0 Å². The molecule has 0 aromatic heterocycles. The lowest BCUT2D eigenvalue weighted by Gasteiger charge is -2.18. The number of alkyl halides is 3. The standard InChI is InChI=1S/C10H13F3N2O/c1-15(2)9-4-3-8(10(11,12)13)5-7(9)6-16-14/h3-5H,6,14H2,1-2H3. The molecule has 0 saturated heterocycles. The van der Waals surface area contributed by atoms with Gasteiger partial charge < -0.3 is 4.90 Å². The third-order valence-electron chi connectivity index (χ3n) is 2.13. The monoisotopic (exact) mass is 234 g/mol. The molecule has 0 unspecified atom stereocenters. The average molecular weight is 234 g/mol. The van der Waals surface area contributed by atoms with E-state index in [-0.39, 0.29) is 6.61 Å². The summed E-state index contributed by atoms with van der Waals surface area (Å²) < 4.78 is 37.4. The van der Waals surface area contributed by atoms with Crippen LogP contribution >= 0.6 is 0 Å². The first-order chi connectivity index (χ1) is 7.36. The van der Waals surface area contributed by atoms with E-state index in [4.69, 9.17) is 5.90 Å². The highest BCUT2D eigenvalue weighted by Crippen LogP contribution is 2.32. The van der Waals surface area contributed by atoms with E-state index in [0.717, 1.165) is 12.1 Å². The summed E-state index contributed by atoms with van der Waals surface area (Å²) >= 11 is 0. The molecule has 0 heterocycles. The molecule has 0 aliphatic rings. The van der Waals surface area contributed by atoms with Crippen molar-refractivity contribution in [2.24, 2.45) is 5.90 Å². The van der Waals surface area contributed by atoms with E-state index in [9.17, 15) is 13.2 Å². The molecule has 1 aromatic rings. The molecule has 0 saturated carbocycles. The van der Waals surface area contributed by atoms with E-state index in [1.165, 1.54) is 6.07 Å². The predicted molar refractivity (Wildman–Crippen MR) is 54.7 cm³/mol. The van der Waals surface area contributed by atoms with Crippen LogP contribution in [0.4, 0.5) is 18.9 Å². The van der Waals surface area contributed by atoms with Gasteiger partial charge >= 0.3 is 6.18 Å². The maximum atomic E-state index is 12.5. The molecule has 0 bridgehead atoms. The average Bonchev–Trinajstić information content (AvgIpc) is 2.16. The Morgan fingerprint density at radius 3 is 2.38 bits per heavy atom. The molecular weight excluding hydrogens is 221 g/mol. The van der Waals surface area contributed by atoms with E-state index in [2.05, 4.69) is 4.84 Å². The molecule has 6 heteroatoms. The van der Waals surface area contributed by atoms with Gasteiger partial charge in [-0.3, -0.25) is 4.84 Å². The summed E-state index contributed by atoms with van der Waals surface area (Å²) in [4.78, 5) is 6.10. The Labute approximate surface area is 91.6 Å². The lowest BCUT2D eigenvalue weighted by atomic mass is 10.1. The molecular formula is C10H13F3N2O. The van der Waals surface area contributed by atoms with Crippen LogP contribution in [-0.4, -0.2) is 14.1 Å². The van der Waals surface area contributed by atoms with Gasteiger partial charge in [0.15, 0.2) is 0 Å². The Kier molecular flexibility index (Phi) is 3.77. The summed E-state index contributed by atoms with van der Waals surface area (Å²) in [5.41, 5.74) is 0.353. The summed E-state index contributed by atoms with van der Waals surface area (Å²) in [5, 5.41) is 0. The minimum Gasteiger partial charge on any atom is -0.377 e. The van der Waals surface area contributed by atoms with Gasteiger partial charge in [-0.05, 0) is 18.2 Å². The zero-order valence-corrected chi connectivity index (χ0v) is 9.01. The minimum atomic E-state index is -4.35. The van der Waals surface area contributed by atoms with Crippen molar-refractivity contribution in [3.63, 3.8) is 0 Å². The fourth-order valence-electron chi connectivity index (χ4n) is 1.40. The zero-order chi connectivity index (χ0) is 12.3. The third-order valence-corrected chi connectivity index (χ3v) is 2.13. The fourth-order valence-corrected chi connectivity index (χ4v) is 1.40. The van der Waals surface area contributed by atoms with Gasteiger partial charge in [0.25, 0.3) is 0 Å². The van der Waals surface area contributed by atoms with Crippen molar-refractivity contribution in [3.05, 3.63) is 29.3 Å². The van der Waals surface area contributed by atoms with Crippen molar-refractivity contribution < 1.29 is 18.0 Å². The highest BCUT2D eigenvalue weighted by atomic mass is 19.4. The van der Waals surface area contributed by atoms with Crippen LogP contribution in [0.2, 0.25) is 0 Å². The number of rotatable bonds is 3. The molecule has 90 valence electrons. The number of benzene rings is 1. The molecule has 0 aliphatic heterocycles. The van der Waals surface area contributed by atoms with Crippen molar-refractivity contribution >= 4 is 5.69 Å². The first-order valence-electron chi connectivity index (χ1n) is 4.55. The summed E-state index contributed by atoms with van der Waals surface area (Å²) in [7, 11) is 3.48. The molecule has 0 atom stereocenters. The second-order valence-corrected chi connectivity index (χ2v) is 3.55. The van der Waals surface area contributed by atoms with Gasteiger partial charge in [-0.1, -0.05) is 0 Å². The molecule has 0 radical (unpaired) electrons. The molecule has 0 spiro atoms. The molecule has 2 N–H and O–H groups in total. The van der Waals surface area contributed by atoms with E-state index in [0.29, 0.717) is 11.3 Å². The van der Waals surface area contributed by atoms with Gasteiger partial charge in [0.05, 0.1) is 12.2 Å². The Hall–Kier alpha value is -1.27. The van der Waals surface area contributed by atoms with Crippen molar-refractivity contribution in [2.45, 2.75) is 12.8 Å². The maximum Gasteiger partial charge on any atom is 0.416 e. The van der Waals surface area contributed by atoms with E-state index in [1.807, 2.05) is 0 Å². The van der Waals surface area contributed by atoms with Crippen LogP contribution in [0, 0.1) is 0 Å². The second-order valence-electron chi connectivity index (χ2n) is 3.55. The van der Waals surface area contributed by atoms with Gasteiger partial charge in [-0.2, -0.15) is 13.2 Å². The maximum absolute atomic E-state index is 12.5. The first-order valence-corrected chi connectivity index (χ1v) is 4.55. The lowest BCUT2D eigenvalue weighted by molar-refractivity contribution is -0.137. The molecule has 0 amide bonds. The quantitative estimate of drug-likeness (QED) is 0.814. The van der Waals surface area contributed by atoms with Crippen LogP contribution in [0.3, 0.4) is 0 Å². The molecule has 1 rings (SSSR count). The largest absolute Gasteiger partial charge is 0.416 e. The summed E-state index contributed by atoms with van der Waals surface area (Å²) in [6.07, 6.45) is -4.35. The number of anilines is 1. The SMILES string of the molecule is CN(C)c1ccc(C(F)(F)F)cc1CON. The van der Waals surface area contributed by atoms with Crippen LogP contribution in [0.5, 0.6) is 0 Å². The summed E-state index contributed by atoms with van der Waals surface area (Å²) in [6.45, 7) is -0.0581. The van der Waals surface area contributed by atoms with Gasteiger partial charge in [-0.25, -0.2) is 5.90 Å². The number of hydrogen-bond acceptors (Lipinski definition) is 3. The smallest absolute Gasteiger partial charge is 0.377 e. The van der Waals surface area contributed by atoms with Crippen molar-refractivity contribution in [2.75, 3.05) is 19.0 Å². The van der Waals surface area contributed by atoms with E-state index in [1.54, 1.807) is 19.0 Å². The van der Waals surface area contributed by atoms with Crippen molar-refractivity contribution in [1.82, 2.24) is 0 Å². The Morgan fingerprint density at radius 1 is 1.31 bits per heavy atom. The zero-order valence-electron chi connectivity index (χ0n) is 9.01. The number of nitrogens with zero attached hydrogens (tertiary/aromatic N) is 1. The van der Waals surface area contributed by atoms with Crippen LogP contribution in [0.15, 0.2) is 18.2 Å².